The van der Waals surface area contributed by atoms with Gasteiger partial charge in [0.25, 0.3) is 5.97 Å². The number of unbranched alkanes of at least 4 members (excludes halogenated alkanes) is 8. The first-order chi connectivity index (χ1) is 11.6. The van der Waals surface area contributed by atoms with Crippen LogP contribution in [0.3, 0.4) is 0 Å². The molecule has 24 heavy (non-hydrogen) atoms. The summed E-state index contributed by atoms with van der Waals surface area (Å²) >= 11 is 0. The van der Waals surface area contributed by atoms with Gasteiger partial charge in [-0.3, -0.25) is 4.79 Å². The zero-order valence-corrected chi connectivity index (χ0v) is 16.0. The largest absolute Gasteiger partial charge is 0.326 e. The Balaban J connectivity index is 2.18. The summed E-state index contributed by atoms with van der Waals surface area (Å²) in [6, 6.07) is 0. The highest BCUT2D eigenvalue weighted by molar-refractivity contribution is 5.81. The highest BCUT2D eigenvalue weighted by Gasteiger charge is 2.38. The summed E-state index contributed by atoms with van der Waals surface area (Å²) < 4.78 is 17.1. The van der Waals surface area contributed by atoms with Crippen molar-refractivity contribution in [2.75, 3.05) is 40.5 Å². The third-order valence-electron chi connectivity index (χ3n) is 4.35. The fourth-order valence-corrected chi connectivity index (χ4v) is 2.80. The minimum absolute atomic E-state index is 0.0195. The van der Waals surface area contributed by atoms with Crippen molar-refractivity contribution < 1.29 is 19.0 Å². The van der Waals surface area contributed by atoms with Crippen molar-refractivity contribution in [2.24, 2.45) is 0 Å². The summed E-state index contributed by atoms with van der Waals surface area (Å²) in [5, 5.41) is 0. The van der Waals surface area contributed by atoms with E-state index in [2.05, 4.69) is 11.8 Å². The molecule has 1 aliphatic rings. The van der Waals surface area contributed by atoms with Crippen LogP contribution in [0.5, 0.6) is 0 Å². The van der Waals surface area contributed by atoms with Gasteiger partial charge in [-0.25, -0.2) is 0 Å². The molecule has 1 aliphatic heterocycles. The van der Waals surface area contributed by atoms with E-state index in [1.54, 1.807) is 0 Å². The average molecular weight is 344 g/mol. The van der Waals surface area contributed by atoms with Crippen molar-refractivity contribution in [2.45, 2.75) is 77.1 Å². The molecule has 0 atom stereocenters. The molecule has 0 unspecified atom stereocenters. The number of ketones is 1. The second-order valence-corrected chi connectivity index (χ2v) is 7.03. The van der Waals surface area contributed by atoms with Gasteiger partial charge in [0.2, 0.25) is 0 Å². The monoisotopic (exact) mass is 343 g/mol. The van der Waals surface area contributed by atoms with E-state index >= 15 is 0 Å². The zero-order valence-electron chi connectivity index (χ0n) is 16.0. The maximum absolute atomic E-state index is 11.3. The van der Waals surface area contributed by atoms with Crippen LogP contribution in [-0.2, 0) is 19.0 Å². The van der Waals surface area contributed by atoms with Crippen LogP contribution in [0.25, 0.3) is 0 Å². The molecular formula is C19H37NO4. The molecule has 0 bridgehead atoms. The van der Waals surface area contributed by atoms with Crippen LogP contribution in [0.1, 0.15) is 71.1 Å². The summed E-state index contributed by atoms with van der Waals surface area (Å²) in [6.07, 6.45) is 12.2. The smallest absolute Gasteiger partial charge is 0.283 e. The maximum atomic E-state index is 11.3. The standard InChI is InChI=1S/C19H37NO4/c1-4-5-6-7-8-9-10-11-12-13-19(22-15-14-20(2)3)23-16-18(21)17-24-19/h4-17H2,1-3H3. The lowest BCUT2D eigenvalue weighted by molar-refractivity contribution is -0.389. The summed E-state index contributed by atoms with van der Waals surface area (Å²) in [4.78, 5) is 13.4. The summed E-state index contributed by atoms with van der Waals surface area (Å²) in [5.41, 5.74) is 0. The predicted molar refractivity (Wildman–Crippen MR) is 96.0 cm³/mol. The highest BCUT2D eigenvalue weighted by atomic mass is 16.9. The molecule has 0 aliphatic carbocycles. The number of ether oxygens (including phenoxy) is 3. The molecule has 1 fully saturated rings. The molecular weight excluding hydrogens is 306 g/mol. The fourth-order valence-electron chi connectivity index (χ4n) is 2.80. The zero-order chi connectivity index (χ0) is 17.7. The molecule has 1 heterocycles. The quantitative estimate of drug-likeness (QED) is 0.450. The van der Waals surface area contributed by atoms with Gasteiger partial charge in [-0.1, -0.05) is 58.3 Å². The van der Waals surface area contributed by atoms with E-state index in [1.807, 2.05) is 14.1 Å². The molecule has 0 amide bonds. The van der Waals surface area contributed by atoms with Gasteiger partial charge in [-0.15, -0.1) is 0 Å². The van der Waals surface area contributed by atoms with E-state index in [4.69, 9.17) is 14.2 Å². The Hall–Kier alpha value is -0.490. The Morgan fingerprint density at radius 1 is 0.958 bits per heavy atom. The molecule has 0 aromatic rings. The third-order valence-corrected chi connectivity index (χ3v) is 4.35. The molecule has 0 radical (unpaired) electrons. The Morgan fingerprint density at radius 2 is 1.50 bits per heavy atom. The van der Waals surface area contributed by atoms with Crippen LogP contribution in [0.15, 0.2) is 0 Å². The molecule has 1 rings (SSSR count). The summed E-state index contributed by atoms with van der Waals surface area (Å²) in [5.74, 6) is -1.03. The fraction of sp³-hybridized carbons (Fsp3) is 0.947. The van der Waals surface area contributed by atoms with Crippen LogP contribution in [-0.4, -0.2) is 57.1 Å². The topological polar surface area (TPSA) is 48.0 Å². The number of likely N-dealkylation sites (N-methyl/N-ethyl adjacent to an activating group) is 1. The van der Waals surface area contributed by atoms with Crippen molar-refractivity contribution in [3.63, 3.8) is 0 Å². The van der Waals surface area contributed by atoms with Crippen LogP contribution < -0.4 is 0 Å². The Morgan fingerprint density at radius 3 is 2.04 bits per heavy atom. The lowest BCUT2D eigenvalue weighted by Crippen LogP contribution is -2.47. The van der Waals surface area contributed by atoms with Crippen molar-refractivity contribution in [1.82, 2.24) is 4.90 Å². The molecule has 0 saturated carbocycles. The molecule has 5 heteroatoms. The van der Waals surface area contributed by atoms with Crippen LogP contribution >= 0.6 is 0 Å². The Kier molecular flexibility index (Phi) is 11.5. The first-order valence-electron chi connectivity index (χ1n) is 9.66. The molecule has 0 spiro atoms. The van der Waals surface area contributed by atoms with Gasteiger partial charge in [-0.2, -0.15) is 0 Å². The van der Waals surface area contributed by atoms with Gasteiger partial charge in [0.15, 0.2) is 5.78 Å². The lowest BCUT2D eigenvalue weighted by Gasteiger charge is -2.36. The second-order valence-electron chi connectivity index (χ2n) is 7.03. The van der Waals surface area contributed by atoms with Crippen LogP contribution in [0, 0.1) is 0 Å². The normalized spacial score (nSPS) is 17.6. The van der Waals surface area contributed by atoms with E-state index in [-0.39, 0.29) is 19.0 Å². The number of hydrogen-bond acceptors (Lipinski definition) is 5. The SMILES string of the molecule is CCCCCCCCCCCC1(OCCN(C)C)OCC(=O)CO1. The van der Waals surface area contributed by atoms with Crippen molar-refractivity contribution >= 4 is 5.78 Å². The predicted octanol–water partition coefficient (Wildman–Crippen LogP) is 3.76. The van der Waals surface area contributed by atoms with Crippen molar-refractivity contribution in [1.29, 1.82) is 0 Å². The van der Waals surface area contributed by atoms with E-state index in [0.29, 0.717) is 13.0 Å². The second kappa shape index (κ2) is 12.8. The average Bonchev–Trinajstić information content (AvgIpc) is 2.56. The highest BCUT2D eigenvalue weighted by Crippen LogP contribution is 2.26. The minimum Gasteiger partial charge on any atom is -0.326 e. The van der Waals surface area contributed by atoms with Gasteiger partial charge in [0.05, 0.1) is 6.61 Å². The molecule has 5 nitrogen and oxygen atoms in total. The molecule has 142 valence electrons. The first kappa shape index (κ1) is 21.6. The molecule has 0 aromatic carbocycles. The number of Topliss-reactive ketones (excluding diaryl/α,β-unsaturated/α-hetero) is 1. The Labute approximate surface area is 148 Å². The number of nitrogens with zero attached hydrogens (tertiary/aromatic N) is 1. The molecule has 0 aromatic heterocycles. The van der Waals surface area contributed by atoms with Crippen LogP contribution in [0.4, 0.5) is 0 Å². The summed E-state index contributed by atoms with van der Waals surface area (Å²) in [7, 11) is 4.01. The van der Waals surface area contributed by atoms with E-state index in [1.165, 1.54) is 44.9 Å². The third kappa shape index (κ3) is 9.72. The lowest BCUT2D eigenvalue weighted by atomic mass is 10.1. The number of rotatable bonds is 14. The Bertz CT molecular complexity index is 323. The van der Waals surface area contributed by atoms with Gasteiger partial charge in [0, 0.05) is 13.0 Å². The van der Waals surface area contributed by atoms with Crippen LogP contribution in [0.2, 0.25) is 0 Å². The van der Waals surface area contributed by atoms with E-state index in [0.717, 1.165) is 19.4 Å². The van der Waals surface area contributed by atoms with Gasteiger partial charge >= 0.3 is 0 Å². The number of carbonyl (C=O) groups excluding carboxylic acids is 1. The maximum Gasteiger partial charge on any atom is 0.283 e. The van der Waals surface area contributed by atoms with E-state index < -0.39 is 5.97 Å². The summed E-state index contributed by atoms with van der Waals surface area (Å²) in [6.45, 7) is 3.79. The van der Waals surface area contributed by atoms with E-state index in [9.17, 15) is 4.79 Å². The van der Waals surface area contributed by atoms with Crippen molar-refractivity contribution in [3.8, 4) is 0 Å². The number of hydrogen-bond donors (Lipinski definition) is 0. The minimum atomic E-state index is -1.01. The number of carbonyl (C=O) groups is 1. The molecule has 1 saturated heterocycles. The van der Waals surface area contributed by atoms with Gasteiger partial charge < -0.3 is 19.1 Å². The first-order valence-corrected chi connectivity index (χ1v) is 9.66. The van der Waals surface area contributed by atoms with Gasteiger partial charge in [0.1, 0.15) is 13.2 Å². The molecule has 0 N–H and O–H groups in total. The van der Waals surface area contributed by atoms with Gasteiger partial charge in [-0.05, 0) is 20.5 Å². The van der Waals surface area contributed by atoms with Crippen molar-refractivity contribution in [3.05, 3.63) is 0 Å².